The van der Waals surface area contributed by atoms with E-state index in [0.29, 0.717) is 5.02 Å². The van der Waals surface area contributed by atoms with Gasteiger partial charge in [0.2, 0.25) is 5.91 Å². The molecule has 3 aliphatic carbocycles. The third-order valence-corrected chi connectivity index (χ3v) is 8.13. The molecule has 0 radical (unpaired) electrons. The van der Waals surface area contributed by atoms with Crippen LogP contribution in [0.15, 0.2) is 24.3 Å². The smallest absolute Gasteiger partial charge is 0.232 e. The first-order chi connectivity index (χ1) is 9.25. The van der Waals surface area contributed by atoms with Crippen molar-refractivity contribution in [2.24, 2.45) is 16.2 Å². The van der Waals surface area contributed by atoms with Gasteiger partial charge in [0.25, 0.3) is 0 Å². The van der Waals surface area contributed by atoms with Gasteiger partial charge in [0.05, 0.1) is 5.41 Å². The summed E-state index contributed by atoms with van der Waals surface area (Å²) < 4.78 is 0. The summed E-state index contributed by atoms with van der Waals surface area (Å²) in [6.45, 7) is 6.73. The molecule has 3 atom stereocenters. The van der Waals surface area contributed by atoms with Crippen LogP contribution in [-0.4, -0.2) is 10.7 Å². The summed E-state index contributed by atoms with van der Waals surface area (Å²) in [6, 6.07) is 7.29. The Labute approximate surface area is 133 Å². The summed E-state index contributed by atoms with van der Waals surface area (Å²) in [5, 5.41) is 3.74. The highest BCUT2D eigenvalue weighted by Gasteiger charge is 2.80. The van der Waals surface area contributed by atoms with Crippen molar-refractivity contribution < 1.29 is 4.79 Å². The highest BCUT2D eigenvalue weighted by atomic mass is 79.9. The largest absolute Gasteiger partial charge is 0.326 e. The molecule has 4 rings (SSSR count). The van der Waals surface area contributed by atoms with E-state index in [1.807, 2.05) is 12.1 Å². The van der Waals surface area contributed by atoms with Crippen LogP contribution >= 0.6 is 27.5 Å². The van der Waals surface area contributed by atoms with Gasteiger partial charge in [0.15, 0.2) is 0 Å². The first kappa shape index (κ1) is 14.4. The van der Waals surface area contributed by atoms with Gasteiger partial charge >= 0.3 is 0 Å². The van der Waals surface area contributed by atoms with Crippen molar-refractivity contribution in [2.75, 3.05) is 5.32 Å². The van der Waals surface area contributed by atoms with Crippen LogP contribution in [0.25, 0.3) is 0 Å². The van der Waals surface area contributed by atoms with E-state index in [1.165, 1.54) is 0 Å². The molecule has 108 valence electrons. The van der Waals surface area contributed by atoms with Gasteiger partial charge in [-0.1, -0.05) is 48.3 Å². The first-order valence-corrected chi connectivity index (χ1v) is 8.26. The normalized spacial score (nSPS) is 37.4. The van der Waals surface area contributed by atoms with Crippen molar-refractivity contribution >= 4 is 39.1 Å². The average Bonchev–Trinajstić information content (AvgIpc) is 2.80. The van der Waals surface area contributed by atoms with Crippen LogP contribution in [0.3, 0.4) is 0 Å². The molecule has 0 heterocycles. The molecule has 1 N–H and O–H groups in total. The lowest BCUT2D eigenvalue weighted by atomic mass is 9.43. The van der Waals surface area contributed by atoms with Crippen molar-refractivity contribution in [3.05, 3.63) is 29.3 Å². The summed E-state index contributed by atoms with van der Waals surface area (Å²) in [5.41, 5.74) is 0.737. The van der Waals surface area contributed by atoms with E-state index < -0.39 is 0 Å². The molecule has 0 aliphatic heterocycles. The maximum Gasteiger partial charge on any atom is 0.232 e. The monoisotopic (exact) mass is 355 g/mol. The number of halogens is 2. The van der Waals surface area contributed by atoms with E-state index in [-0.39, 0.29) is 27.0 Å². The highest BCUT2D eigenvalue weighted by molar-refractivity contribution is 9.09. The topological polar surface area (TPSA) is 29.1 Å². The Balaban J connectivity index is 1.86. The number of anilines is 1. The summed E-state index contributed by atoms with van der Waals surface area (Å²) >= 11 is 9.66. The van der Waals surface area contributed by atoms with Crippen molar-refractivity contribution in [1.82, 2.24) is 0 Å². The Morgan fingerprint density at radius 1 is 1.25 bits per heavy atom. The highest BCUT2D eigenvalue weighted by Crippen LogP contribution is 2.79. The van der Waals surface area contributed by atoms with E-state index in [4.69, 9.17) is 11.6 Å². The zero-order chi connectivity index (χ0) is 14.8. The molecular weight excluding hydrogens is 338 g/mol. The van der Waals surface area contributed by atoms with E-state index >= 15 is 0 Å². The molecule has 4 heteroatoms. The fourth-order valence-corrected chi connectivity index (χ4v) is 6.17. The third-order valence-electron chi connectivity index (χ3n) is 6.08. The molecule has 0 aromatic heterocycles. The predicted octanol–water partition coefficient (Wildman–Crippen LogP) is 4.87. The summed E-state index contributed by atoms with van der Waals surface area (Å²) in [4.78, 5) is 13.1. The fraction of sp³-hybridized carbons (Fsp3) is 0.562. The second-order valence-corrected chi connectivity index (χ2v) is 8.19. The minimum atomic E-state index is -0.304. The van der Waals surface area contributed by atoms with Crippen LogP contribution in [0, 0.1) is 16.2 Å². The SMILES string of the molecule is CC1(C)[C@@]2(C)CC[C@@]1(C(=O)Nc1ccc(Cl)cc1)[C@@H]2Br. The minimum absolute atomic E-state index is 0.0185. The van der Waals surface area contributed by atoms with Gasteiger partial charge in [-0.25, -0.2) is 0 Å². The zero-order valence-electron chi connectivity index (χ0n) is 12.0. The van der Waals surface area contributed by atoms with Crippen LogP contribution in [0.2, 0.25) is 5.02 Å². The van der Waals surface area contributed by atoms with Gasteiger partial charge in [-0.15, -0.1) is 0 Å². The van der Waals surface area contributed by atoms with Gasteiger partial charge in [-0.3, -0.25) is 4.79 Å². The zero-order valence-corrected chi connectivity index (χ0v) is 14.3. The number of carbonyl (C=O) groups excluding carboxylic acids is 1. The number of hydrogen-bond acceptors (Lipinski definition) is 1. The van der Waals surface area contributed by atoms with Gasteiger partial charge in [-0.05, 0) is 47.9 Å². The van der Waals surface area contributed by atoms with Crippen LogP contribution in [-0.2, 0) is 4.79 Å². The molecule has 0 unspecified atom stereocenters. The van der Waals surface area contributed by atoms with E-state index in [2.05, 4.69) is 42.0 Å². The molecule has 3 aliphatic rings. The molecule has 1 amide bonds. The molecule has 2 nitrogen and oxygen atoms in total. The quantitative estimate of drug-likeness (QED) is 0.753. The molecule has 3 fully saturated rings. The van der Waals surface area contributed by atoms with E-state index in [9.17, 15) is 4.79 Å². The molecule has 1 aromatic carbocycles. The predicted molar refractivity (Wildman–Crippen MR) is 86.4 cm³/mol. The van der Waals surface area contributed by atoms with Gasteiger partial charge in [0, 0.05) is 15.5 Å². The number of fused-ring (bicyclic) bond motifs is 1. The lowest BCUT2D eigenvalue weighted by Gasteiger charge is -2.64. The number of carbonyl (C=O) groups is 1. The maximum atomic E-state index is 12.9. The second-order valence-electron chi connectivity index (χ2n) is 6.84. The molecule has 0 saturated heterocycles. The molecule has 20 heavy (non-hydrogen) atoms. The van der Waals surface area contributed by atoms with Gasteiger partial charge < -0.3 is 5.32 Å². The molecule has 0 spiro atoms. The minimum Gasteiger partial charge on any atom is -0.326 e. The summed E-state index contributed by atoms with van der Waals surface area (Å²) in [6.07, 6.45) is 2.05. The van der Waals surface area contributed by atoms with Gasteiger partial charge in [-0.2, -0.15) is 0 Å². The number of rotatable bonds is 2. The molecule has 2 bridgehead atoms. The van der Waals surface area contributed by atoms with Crippen molar-refractivity contribution in [1.29, 1.82) is 0 Å². The maximum absolute atomic E-state index is 12.9. The van der Waals surface area contributed by atoms with Gasteiger partial charge in [0.1, 0.15) is 0 Å². The number of nitrogens with one attached hydrogen (secondary N) is 1. The van der Waals surface area contributed by atoms with Crippen LogP contribution in [0.1, 0.15) is 33.6 Å². The van der Waals surface area contributed by atoms with Crippen LogP contribution in [0.4, 0.5) is 5.69 Å². The molecule has 3 saturated carbocycles. The van der Waals surface area contributed by atoms with Crippen LogP contribution in [0.5, 0.6) is 0 Å². The molecule has 1 aromatic rings. The lowest BCUT2D eigenvalue weighted by molar-refractivity contribution is -0.155. The lowest BCUT2D eigenvalue weighted by Crippen LogP contribution is -2.68. The fourth-order valence-electron chi connectivity index (χ4n) is 4.23. The van der Waals surface area contributed by atoms with Crippen molar-refractivity contribution in [2.45, 2.75) is 38.4 Å². The van der Waals surface area contributed by atoms with E-state index in [0.717, 1.165) is 18.5 Å². The molecular formula is C16H19BrClNO. The Hall–Kier alpha value is -0.540. The van der Waals surface area contributed by atoms with E-state index in [1.54, 1.807) is 12.1 Å². The Bertz CT molecular complexity index is 570. The second kappa shape index (κ2) is 4.23. The number of amides is 1. The van der Waals surface area contributed by atoms with Crippen molar-refractivity contribution in [3.8, 4) is 0 Å². The summed E-state index contributed by atoms with van der Waals surface area (Å²) in [5.74, 6) is 0.127. The third kappa shape index (κ3) is 1.48. The number of hydrogen-bond donors (Lipinski definition) is 1. The van der Waals surface area contributed by atoms with Crippen LogP contribution < -0.4 is 5.32 Å². The Morgan fingerprint density at radius 3 is 2.30 bits per heavy atom. The summed E-state index contributed by atoms with van der Waals surface area (Å²) in [7, 11) is 0. The first-order valence-electron chi connectivity index (χ1n) is 6.97. The number of benzene rings is 1. The Morgan fingerprint density at radius 2 is 1.85 bits per heavy atom. The standard InChI is InChI=1S/C16H19BrClNO/c1-14(2)15(3)8-9-16(14,12(15)17)13(20)19-11-6-4-10(18)5-7-11/h4-7,12H,8-9H2,1-3H3,(H,19,20)/t12-,15+,16+/m1/s1. The Kier molecular flexibility index (Phi) is 3.05. The number of alkyl halides is 1. The average molecular weight is 357 g/mol. The van der Waals surface area contributed by atoms with Crippen molar-refractivity contribution in [3.63, 3.8) is 0 Å².